The number of carbonyl (C=O) groups excluding carboxylic acids is 1. The van der Waals surface area contributed by atoms with Crippen molar-refractivity contribution in [2.24, 2.45) is 0 Å². The zero-order valence-corrected chi connectivity index (χ0v) is 24.3. The first-order valence-electron chi connectivity index (χ1n) is 13.7. The van der Waals surface area contributed by atoms with E-state index < -0.39 is 76.3 Å². The van der Waals surface area contributed by atoms with E-state index in [2.05, 4.69) is 10.3 Å². The van der Waals surface area contributed by atoms with Gasteiger partial charge in [0.1, 0.15) is 46.4 Å². The highest BCUT2D eigenvalue weighted by Crippen LogP contribution is 2.43. The first kappa shape index (κ1) is 32.6. The van der Waals surface area contributed by atoms with Gasteiger partial charge in [0.2, 0.25) is 5.91 Å². The van der Waals surface area contributed by atoms with Gasteiger partial charge < -0.3 is 30.1 Å². The summed E-state index contributed by atoms with van der Waals surface area (Å²) in [4.78, 5) is 14.8. The fraction of sp³-hybridized carbons (Fsp3) is 0.667. The Labute approximate surface area is 244 Å². The lowest BCUT2D eigenvalue weighted by Crippen LogP contribution is -2.58. The maximum Gasteiger partial charge on any atom is 0.238 e. The molecule has 2 heterocycles. The molecule has 6 atom stereocenters. The third-order valence-corrected chi connectivity index (χ3v) is 9.21. The zero-order valence-electron chi connectivity index (χ0n) is 23.5. The van der Waals surface area contributed by atoms with Gasteiger partial charge in [-0.2, -0.15) is 0 Å². The van der Waals surface area contributed by atoms with Crippen LogP contribution in [0, 0.1) is 17.5 Å². The summed E-state index contributed by atoms with van der Waals surface area (Å²) in [7, 11) is 1.42. The number of benzene rings is 1. The fourth-order valence-corrected chi connectivity index (χ4v) is 7.15. The SMILES string of the molecule is CN(CC(C)(C)F)C(=O)[C@@H](S[C@@H]1O[C@H](CO)[C@H](O)[C@H](n2cc(-c3cc(F)c(F)c(F)c3)nn2)[C@H]1O)C1(O)CCCCC1. The van der Waals surface area contributed by atoms with Gasteiger partial charge in [-0.1, -0.05) is 24.5 Å². The van der Waals surface area contributed by atoms with E-state index in [1.165, 1.54) is 32.0 Å². The van der Waals surface area contributed by atoms with Crippen LogP contribution in [0.15, 0.2) is 18.3 Å². The number of ether oxygens (including phenoxy) is 1. The number of alkyl halides is 1. The third kappa shape index (κ3) is 6.91. The molecule has 15 heteroatoms. The first-order chi connectivity index (χ1) is 19.6. The molecular formula is C27H36F4N4O6S. The molecule has 0 unspecified atom stereocenters. The second-order valence-electron chi connectivity index (χ2n) is 11.6. The number of halogens is 4. The van der Waals surface area contributed by atoms with Crippen molar-refractivity contribution in [3.8, 4) is 11.3 Å². The second kappa shape index (κ2) is 12.7. The average Bonchev–Trinajstić information content (AvgIpc) is 3.40. The van der Waals surface area contributed by atoms with Crippen LogP contribution in [-0.2, 0) is 9.53 Å². The quantitative estimate of drug-likeness (QED) is 0.246. The summed E-state index contributed by atoms with van der Waals surface area (Å²) >= 11 is 0.809. The topological polar surface area (TPSA) is 141 Å². The minimum absolute atomic E-state index is 0.0940. The molecule has 0 spiro atoms. The van der Waals surface area contributed by atoms with Crippen LogP contribution in [0.2, 0.25) is 0 Å². The van der Waals surface area contributed by atoms with Crippen molar-refractivity contribution in [3.05, 3.63) is 35.8 Å². The molecule has 1 saturated carbocycles. The maximum absolute atomic E-state index is 14.4. The predicted octanol–water partition coefficient (Wildman–Crippen LogP) is 2.35. The Bertz CT molecular complexity index is 1230. The highest BCUT2D eigenvalue weighted by molar-refractivity contribution is 8.01. The van der Waals surface area contributed by atoms with Gasteiger partial charge in [0.25, 0.3) is 0 Å². The summed E-state index contributed by atoms with van der Waals surface area (Å²) in [5.74, 6) is -5.12. The first-order valence-corrected chi connectivity index (χ1v) is 14.6. The standard InChI is InChI=1S/C27H36F4N4O6S/c1-26(2,31)13-34(3)24(39)23(27(40)7-5-4-6-8-27)42-25-22(38)20(21(37)18(12-36)41-25)35-11-17(32-33-35)14-9-15(28)19(30)16(29)10-14/h9-11,18,20-23,25,36-38,40H,4-8,12-13H2,1-3H3/t18-,20+,21+,22-,23-,25+/m1/s1. The molecule has 0 radical (unpaired) electrons. The van der Waals surface area contributed by atoms with Crippen molar-refractivity contribution in [2.75, 3.05) is 20.2 Å². The lowest BCUT2D eigenvalue weighted by molar-refractivity contribution is -0.179. The Balaban J connectivity index is 1.65. The number of aliphatic hydroxyl groups is 4. The summed E-state index contributed by atoms with van der Waals surface area (Å²) in [6.45, 7) is 1.71. The van der Waals surface area contributed by atoms with Crippen LogP contribution in [0.1, 0.15) is 52.0 Å². The Hall–Kier alpha value is -2.30. The van der Waals surface area contributed by atoms with Crippen molar-refractivity contribution in [2.45, 2.75) is 92.3 Å². The number of hydrogen-bond donors (Lipinski definition) is 4. The monoisotopic (exact) mass is 620 g/mol. The van der Waals surface area contributed by atoms with Crippen LogP contribution in [0.25, 0.3) is 11.3 Å². The molecule has 1 aliphatic heterocycles. The van der Waals surface area contributed by atoms with E-state index in [1.807, 2.05) is 0 Å². The molecule has 1 aliphatic carbocycles. The van der Waals surface area contributed by atoms with Crippen molar-refractivity contribution in [1.82, 2.24) is 19.9 Å². The van der Waals surface area contributed by atoms with E-state index in [-0.39, 0.29) is 17.8 Å². The molecule has 4 N–H and O–H groups in total. The van der Waals surface area contributed by atoms with Crippen LogP contribution in [-0.4, -0.2) is 107 Å². The molecule has 1 amide bonds. The molecule has 0 bridgehead atoms. The van der Waals surface area contributed by atoms with Gasteiger partial charge in [-0.15, -0.1) is 16.9 Å². The van der Waals surface area contributed by atoms with E-state index in [4.69, 9.17) is 4.74 Å². The van der Waals surface area contributed by atoms with Crippen molar-refractivity contribution < 1.29 is 47.5 Å². The van der Waals surface area contributed by atoms with Gasteiger partial charge in [0.05, 0.1) is 24.9 Å². The molecule has 2 aromatic rings. The molecule has 1 saturated heterocycles. The van der Waals surface area contributed by atoms with Gasteiger partial charge >= 0.3 is 0 Å². The van der Waals surface area contributed by atoms with Crippen LogP contribution < -0.4 is 0 Å². The average molecular weight is 621 g/mol. The lowest BCUT2D eigenvalue weighted by Gasteiger charge is -2.45. The number of aromatic nitrogens is 3. The summed E-state index contributed by atoms with van der Waals surface area (Å²) in [5, 5.41) is 50.4. The van der Waals surface area contributed by atoms with E-state index in [0.29, 0.717) is 25.7 Å². The van der Waals surface area contributed by atoms with E-state index >= 15 is 0 Å². The van der Waals surface area contributed by atoms with Crippen molar-refractivity contribution >= 4 is 17.7 Å². The normalized spacial score (nSPS) is 27.1. The largest absolute Gasteiger partial charge is 0.394 e. The van der Waals surface area contributed by atoms with Crippen molar-refractivity contribution in [3.63, 3.8) is 0 Å². The Morgan fingerprint density at radius 1 is 1.19 bits per heavy atom. The van der Waals surface area contributed by atoms with Crippen LogP contribution in [0.4, 0.5) is 17.6 Å². The van der Waals surface area contributed by atoms with E-state index in [0.717, 1.165) is 35.0 Å². The van der Waals surface area contributed by atoms with Gasteiger partial charge in [-0.25, -0.2) is 22.2 Å². The van der Waals surface area contributed by atoms with Gasteiger partial charge in [-0.05, 0) is 38.8 Å². The highest BCUT2D eigenvalue weighted by Gasteiger charge is 2.51. The predicted molar refractivity (Wildman–Crippen MR) is 144 cm³/mol. The Kier molecular flexibility index (Phi) is 9.89. The number of nitrogens with zero attached hydrogens (tertiary/aromatic N) is 4. The second-order valence-corrected chi connectivity index (χ2v) is 12.8. The van der Waals surface area contributed by atoms with Crippen molar-refractivity contribution in [1.29, 1.82) is 0 Å². The Morgan fingerprint density at radius 2 is 1.81 bits per heavy atom. The highest BCUT2D eigenvalue weighted by atomic mass is 32.2. The van der Waals surface area contributed by atoms with E-state index in [1.54, 1.807) is 0 Å². The van der Waals surface area contributed by atoms with E-state index in [9.17, 15) is 42.8 Å². The number of hydrogen-bond acceptors (Lipinski definition) is 9. The molecule has 2 aliphatic rings. The molecule has 4 rings (SSSR count). The van der Waals surface area contributed by atoms with Gasteiger partial charge in [0.15, 0.2) is 17.5 Å². The third-order valence-electron chi connectivity index (χ3n) is 7.64. The molecular weight excluding hydrogens is 584 g/mol. The van der Waals surface area contributed by atoms with Crippen LogP contribution in [0.5, 0.6) is 0 Å². The number of carbonyl (C=O) groups is 1. The smallest absolute Gasteiger partial charge is 0.238 e. The lowest BCUT2D eigenvalue weighted by atomic mass is 9.81. The number of rotatable bonds is 9. The molecule has 10 nitrogen and oxygen atoms in total. The number of thioether (sulfide) groups is 1. The molecule has 1 aromatic carbocycles. The number of aliphatic hydroxyl groups excluding tert-OH is 3. The molecule has 2 fully saturated rings. The van der Waals surface area contributed by atoms with Gasteiger partial charge in [0, 0.05) is 12.6 Å². The van der Waals surface area contributed by atoms with Crippen LogP contribution in [0.3, 0.4) is 0 Å². The zero-order chi connectivity index (χ0) is 31.0. The molecule has 42 heavy (non-hydrogen) atoms. The molecule has 1 aromatic heterocycles. The fourth-order valence-electron chi connectivity index (χ4n) is 5.57. The summed E-state index contributed by atoms with van der Waals surface area (Å²) in [5.41, 5.74) is -4.73. The summed E-state index contributed by atoms with van der Waals surface area (Å²) in [6.07, 6.45) is -0.462. The minimum Gasteiger partial charge on any atom is -0.394 e. The van der Waals surface area contributed by atoms with Crippen LogP contribution >= 0.6 is 11.8 Å². The minimum atomic E-state index is -1.71. The Morgan fingerprint density at radius 3 is 2.38 bits per heavy atom. The van der Waals surface area contributed by atoms with Gasteiger partial charge in [-0.3, -0.25) is 4.79 Å². The number of amides is 1. The maximum atomic E-state index is 14.4. The molecule has 234 valence electrons. The summed E-state index contributed by atoms with van der Waals surface area (Å²) in [6, 6.07) is 0.119. The summed E-state index contributed by atoms with van der Waals surface area (Å²) < 4.78 is 62.3.